The van der Waals surface area contributed by atoms with E-state index in [-0.39, 0.29) is 18.1 Å². The first-order valence-corrected chi connectivity index (χ1v) is 8.06. The van der Waals surface area contributed by atoms with Crippen molar-refractivity contribution in [2.75, 3.05) is 13.7 Å². The van der Waals surface area contributed by atoms with Gasteiger partial charge >= 0.3 is 5.97 Å². The maximum absolute atomic E-state index is 12.1. The highest BCUT2D eigenvalue weighted by molar-refractivity contribution is 5.80. The Morgan fingerprint density at radius 1 is 1.38 bits per heavy atom. The molecule has 21 heavy (non-hydrogen) atoms. The number of methoxy groups -OCH3 is 1. The van der Waals surface area contributed by atoms with Crippen LogP contribution in [0.5, 0.6) is 0 Å². The first-order chi connectivity index (χ1) is 9.58. The van der Waals surface area contributed by atoms with E-state index in [4.69, 9.17) is 9.47 Å². The van der Waals surface area contributed by atoms with Gasteiger partial charge < -0.3 is 9.47 Å². The van der Waals surface area contributed by atoms with Gasteiger partial charge in [0, 0.05) is 6.04 Å². The molecule has 3 atom stereocenters. The first kappa shape index (κ1) is 18.4. The summed E-state index contributed by atoms with van der Waals surface area (Å²) in [5.41, 5.74) is -0.469. The maximum atomic E-state index is 12.1. The van der Waals surface area contributed by atoms with Crippen LogP contribution in [0.25, 0.3) is 0 Å². The van der Waals surface area contributed by atoms with E-state index >= 15 is 0 Å². The molecule has 1 fully saturated rings. The van der Waals surface area contributed by atoms with Gasteiger partial charge in [-0.05, 0) is 51.4 Å². The molecule has 4 nitrogen and oxygen atoms in total. The summed E-state index contributed by atoms with van der Waals surface area (Å²) in [5, 5.41) is 3.28. The number of nitrogens with one attached hydrogen (secondary N) is 1. The summed E-state index contributed by atoms with van der Waals surface area (Å²) in [6.07, 6.45) is 3.59. The second kappa shape index (κ2) is 7.10. The molecule has 0 saturated heterocycles. The lowest BCUT2D eigenvalue weighted by molar-refractivity contribution is -0.153. The van der Waals surface area contributed by atoms with Crippen molar-refractivity contribution in [1.29, 1.82) is 0 Å². The summed E-state index contributed by atoms with van der Waals surface area (Å²) in [6.45, 7) is 13.1. The highest BCUT2D eigenvalue weighted by atomic mass is 16.5. The van der Waals surface area contributed by atoms with E-state index in [0.29, 0.717) is 17.9 Å². The largest absolute Gasteiger partial charge is 0.468 e. The van der Waals surface area contributed by atoms with E-state index in [1.165, 1.54) is 13.5 Å². The predicted octanol–water partition coefficient (Wildman–Crippen LogP) is 3.15. The first-order valence-electron chi connectivity index (χ1n) is 8.06. The summed E-state index contributed by atoms with van der Waals surface area (Å²) >= 11 is 0. The molecule has 0 amide bonds. The highest BCUT2D eigenvalue weighted by Gasteiger charge is 2.38. The molecule has 1 aliphatic rings. The Labute approximate surface area is 130 Å². The van der Waals surface area contributed by atoms with Gasteiger partial charge in [0.05, 0.1) is 19.8 Å². The van der Waals surface area contributed by atoms with Gasteiger partial charge in [-0.25, -0.2) is 4.79 Å². The number of esters is 1. The monoisotopic (exact) mass is 299 g/mol. The van der Waals surface area contributed by atoms with E-state index in [2.05, 4.69) is 26.1 Å². The van der Waals surface area contributed by atoms with Crippen LogP contribution < -0.4 is 5.32 Å². The molecule has 0 spiro atoms. The van der Waals surface area contributed by atoms with Crippen LogP contribution in [0.2, 0.25) is 0 Å². The van der Waals surface area contributed by atoms with Crippen LogP contribution >= 0.6 is 0 Å². The highest BCUT2D eigenvalue weighted by Crippen LogP contribution is 2.39. The van der Waals surface area contributed by atoms with Gasteiger partial charge in [-0.2, -0.15) is 0 Å². The summed E-state index contributed by atoms with van der Waals surface area (Å²) < 4.78 is 11.1. The molecular weight excluding hydrogens is 266 g/mol. The number of carbonyl (C=O) groups excluding carboxylic acids is 1. The third-order valence-corrected chi connectivity index (χ3v) is 4.20. The molecule has 1 saturated carbocycles. The van der Waals surface area contributed by atoms with Crippen LogP contribution in [0.3, 0.4) is 0 Å². The second-order valence-electron chi connectivity index (χ2n) is 7.97. The number of hydrogen-bond donors (Lipinski definition) is 1. The summed E-state index contributed by atoms with van der Waals surface area (Å²) in [6, 6.07) is 0.194. The van der Waals surface area contributed by atoms with Crippen molar-refractivity contribution in [3.63, 3.8) is 0 Å². The van der Waals surface area contributed by atoms with Crippen LogP contribution in [0.15, 0.2) is 0 Å². The van der Waals surface area contributed by atoms with Crippen LogP contribution in [0.4, 0.5) is 0 Å². The number of ether oxygens (including phenoxy) is 2. The molecule has 0 bridgehead atoms. The van der Waals surface area contributed by atoms with Crippen LogP contribution in [-0.4, -0.2) is 37.4 Å². The minimum Gasteiger partial charge on any atom is -0.468 e. The van der Waals surface area contributed by atoms with Gasteiger partial charge in [-0.1, -0.05) is 20.8 Å². The standard InChI is InChI=1S/C17H33NO3/c1-12(2)18-17(6,15(19)20-7)11-21-14-8-13(3)9-16(4,5)10-14/h12-14,18H,8-11H2,1-7H3. The fourth-order valence-corrected chi connectivity index (χ4v) is 3.69. The van der Waals surface area contributed by atoms with Crippen molar-refractivity contribution >= 4 is 5.97 Å². The van der Waals surface area contributed by atoms with Crippen LogP contribution in [0.1, 0.15) is 60.8 Å². The maximum Gasteiger partial charge on any atom is 0.328 e. The average molecular weight is 299 g/mol. The van der Waals surface area contributed by atoms with Gasteiger partial charge in [-0.15, -0.1) is 0 Å². The Bertz CT molecular complexity index is 354. The normalized spacial score (nSPS) is 28.2. The third-order valence-electron chi connectivity index (χ3n) is 4.20. The smallest absolute Gasteiger partial charge is 0.328 e. The second-order valence-corrected chi connectivity index (χ2v) is 7.97. The van der Waals surface area contributed by atoms with E-state index in [1.54, 1.807) is 0 Å². The molecule has 4 heteroatoms. The lowest BCUT2D eigenvalue weighted by atomic mass is 9.71. The van der Waals surface area contributed by atoms with Gasteiger partial charge in [0.2, 0.25) is 0 Å². The Hall–Kier alpha value is -0.610. The summed E-state index contributed by atoms with van der Waals surface area (Å²) in [4.78, 5) is 12.1. The quantitative estimate of drug-likeness (QED) is 0.765. The minimum atomic E-state index is -0.784. The third kappa shape index (κ3) is 5.59. The SMILES string of the molecule is COC(=O)C(C)(COC1CC(C)CC(C)(C)C1)NC(C)C. The van der Waals surface area contributed by atoms with Gasteiger partial charge in [-0.3, -0.25) is 5.32 Å². The van der Waals surface area contributed by atoms with Gasteiger partial charge in [0.1, 0.15) is 5.54 Å². The van der Waals surface area contributed by atoms with Crippen molar-refractivity contribution in [3.8, 4) is 0 Å². The molecule has 0 aromatic carbocycles. The van der Waals surface area contributed by atoms with Crippen molar-refractivity contribution < 1.29 is 14.3 Å². The molecular formula is C17H33NO3. The number of hydrogen-bond acceptors (Lipinski definition) is 4. The fraction of sp³-hybridized carbons (Fsp3) is 0.941. The van der Waals surface area contributed by atoms with Crippen LogP contribution in [-0.2, 0) is 14.3 Å². The van der Waals surface area contributed by atoms with E-state index in [0.717, 1.165) is 12.8 Å². The molecule has 0 heterocycles. The lowest BCUT2D eigenvalue weighted by Crippen LogP contribution is -2.56. The molecule has 1 N–H and O–H groups in total. The van der Waals surface area contributed by atoms with Crippen molar-refractivity contribution in [3.05, 3.63) is 0 Å². The Morgan fingerprint density at radius 3 is 2.48 bits per heavy atom. The Kier molecular flexibility index (Phi) is 6.23. The Balaban J connectivity index is 2.66. The van der Waals surface area contributed by atoms with Gasteiger partial charge in [0.15, 0.2) is 0 Å². The minimum absolute atomic E-state index is 0.194. The molecule has 0 aliphatic heterocycles. The molecule has 3 unspecified atom stereocenters. The molecule has 0 radical (unpaired) electrons. The van der Waals surface area contributed by atoms with Crippen LogP contribution in [0, 0.1) is 11.3 Å². The topological polar surface area (TPSA) is 47.6 Å². The lowest BCUT2D eigenvalue weighted by Gasteiger charge is -2.40. The zero-order valence-corrected chi connectivity index (χ0v) is 14.8. The van der Waals surface area contributed by atoms with E-state index < -0.39 is 5.54 Å². The Morgan fingerprint density at radius 2 is 2.00 bits per heavy atom. The zero-order valence-electron chi connectivity index (χ0n) is 14.8. The van der Waals surface area contributed by atoms with Crippen molar-refractivity contribution in [2.24, 2.45) is 11.3 Å². The molecule has 1 aliphatic carbocycles. The molecule has 0 aromatic rings. The number of rotatable bonds is 6. The summed E-state index contributed by atoms with van der Waals surface area (Å²) in [5.74, 6) is 0.403. The fourth-order valence-electron chi connectivity index (χ4n) is 3.69. The van der Waals surface area contributed by atoms with E-state index in [9.17, 15) is 4.79 Å². The van der Waals surface area contributed by atoms with Crippen molar-refractivity contribution in [2.45, 2.75) is 78.5 Å². The molecule has 0 aromatic heterocycles. The average Bonchev–Trinajstić information content (AvgIpc) is 2.32. The van der Waals surface area contributed by atoms with Gasteiger partial charge in [0.25, 0.3) is 0 Å². The molecule has 124 valence electrons. The van der Waals surface area contributed by atoms with E-state index in [1.807, 2.05) is 20.8 Å². The van der Waals surface area contributed by atoms with Crippen molar-refractivity contribution in [1.82, 2.24) is 5.32 Å². The number of carbonyl (C=O) groups is 1. The predicted molar refractivity (Wildman–Crippen MR) is 85.2 cm³/mol. The molecule has 1 rings (SSSR count). The summed E-state index contributed by atoms with van der Waals surface area (Å²) in [7, 11) is 1.42. The zero-order chi connectivity index (χ0) is 16.3.